The summed E-state index contributed by atoms with van der Waals surface area (Å²) in [5.41, 5.74) is 1.39. The predicted octanol–water partition coefficient (Wildman–Crippen LogP) is 7.26. The van der Waals surface area contributed by atoms with Crippen LogP contribution in [-0.4, -0.2) is 34.6 Å². The first kappa shape index (κ1) is 28.1. The number of hydrogen-bond donors (Lipinski definition) is 1. The van der Waals surface area contributed by atoms with Crippen LogP contribution in [0.15, 0.2) is 36.4 Å². The minimum absolute atomic E-state index is 0.00384. The number of nitrogens with one attached hydrogen (secondary N) is 1. The van der Waals surface area contributed by atoms with E-state index >= 15 is 0 Å². The summed E-state index contributed by atoms with van der Waals surface area (Å²) in [6.07, 6.45) is 1.25. The molecule has 2 rings (SSSR count). The molecule has 0 aliphatic heterocycles. The summed E-state index contributed by atoms with van der Waals surface area (Å²) < 4.78 is 0. The predicted molar refractivity (Wildman–Crippen MR) is 142 cm³/mol. The van der Waals surface area contributed by atoms with Crippen molar-refractivity contribution in [3.63, 3.8) is 0 Å². The van der Waals surface area contributed by atoms with E-state index in [4.69, 9.17) is 46.4 Å². The fraction of sp³-hybridized carbons (Fsp3) is 0.417. The molecule has 1 N–H and O–H groups in total. The lowest BCUT2D eigenvalue weighted by atomic mass is 10.1. The van der Waals surface area contributed by atoms with E-state index in [0.717, 1.165) is 12.0 Å². The Balaban J connectivity index is 2.24. The second-order valence-electron chi connectivity index (χ2n) is 7.66. The third-order valence-electron chi connectivity index (χ3n) is 5.31. The highest BCUT2D eigenvalue weighted by atomic mass is 35.5. The van der Waals surface area contributed by atoms with E-state index in [1.165, 1.54) is 11.8 Å². The molecule has 0 fully saturated rings. The minimum Gasteiger partial charge on any atom is -0.352 e. The molecule has 0 aliphatic rings. The van der Waals surface area contributed by atoms with Crippen molar-refractivity contribution < 1.29 is 9.59 Å². The van der Waals surface area contributed by atoms with Crippen LogP contribution in [0.3, 0.4) is 0 Å². The fourth-order valence-corrected chi connectivity index (χ4v) is 5.37. The first-order valence-electron chi connectivity index (χ1n) is 10.7. The number of halogens is 4. The van der Waals surface area contributed by atoms with Crippen molar-refractivity contribution in [2.45, 2.75) is 58.0 Å². The number of carbonyl (C=O) groups excluding carboxylic acids is 2. The van der Waals surface area contributed by atoms with Crippen molar-refractivity contribution in [1.29, 1.82) is 0 Å². The Morgan fingerprint density at radius 3 is 1.91 bits per heavy atom. The summed E-state index contributed by atoms with van der Waals surface area (Å²) in [6.45, 7) is 5.95. The largest absolute Gasteiger partial charge is 0.352 e. The molecule has 0 aliphatic carbocycles. The van der Waals surface area contributed by atoms with E-state index in [-0.39, 0.29) is 30.2 Å². The van der Waals surface area contributed by atoms with E-state index in [0.29, 0.717) is 37.8 Å². The smallest absolute Gasteiger partial charge is 0.243 e. The van der Waals surface area contributed by atoms with E-state index in [9.17, 15) is 9.59 Å². The van der Waals surface area contributed by atoms with Gasteiger partial charge in [-0.3, -0.25) is 9.59 Å². The van der Waals surface area contributed by atoms with Gasteiger partial charge in [0, 0.05) is 44.0 Å². The van der Waals surface area contributed by atoms with Crippen LogP contribution in [0.25, 0.3) is 0 Å². The number of amides is 2. The Morgan fingerprint density at radius 1 is 0.909 bits per heavy atom. The lowest BCUT2D eigenvalue weighted by molar-refractivity contribution is -0.139. The van der Waals surface area contributed by atoms with Gasteiger partial charge in [-0.25, -0.2) is 0 Å². The normalized spacial score (nSPS) is 12.8. The summed E-state index contributed by atoms with van der Waals surface area (Å²) in [5, 5.41) is 5.00. The van der Waals surface area contributed by atoms with E-state index in [1.807, 2.05) is 20.8 Å². The van der Waals surface area contributed by atoms with Crippen LogP contribution in [0.2, 0.25) is 20.1 Å². The fourth-order valence-electron chi connectivity index (χ4n) is 3.21. The standard InChI is InChI=1S/C24H28Cl4N2O2S/c1-4-15(3)29-24(32)22(5-2)30(12-16-18(25)8-6-9-19(16)26)23(31)14-33-13-17-20(27)10-7-11-21(17)28/h6-11,15,22H,4-5,12-14H2,1-3H3,(H,29,32)/t15-,22-/m1/s1. The Kier molecular flexibility index (Phi) is 11.7. The van der Waals surface area contributed by atoms with Gasteiger partial charge < -0.3 is 10.2 Å². The van der Waals surface area contributed by atoms with Gasteiger partial charge in [-0.05, 0) is 49.6 Å². The van der Waals surface area contributed by atoms with Crippen LogP contribution in [0, 0.1) is 0 Å². The van der Waals surface area contributed by atoms with E-state index in [2.05, 4.69) is 5.32 Å². The van der Waals surface area contributed by atoms with Crippen molar-refractivity contribution in [2.75, 3.05) is 5.75 Å². The van der Waals surface area contributed by atoms with Crippen molar-refractivity contribution in [1.82, 2.24) is 10.2 Å². The zero-order valence-corrected chi connectivity index (χ0v) is 22.7. The van der Waals surface area contributed by atoms with Gasteiger partial charge in [0.05, 0.1) is 5.75 Å². The Hall–Kier alpha value is -1.11. The van der Waals surface area contributed by atoms with Crippen LogP contribution >= 0.6 is 58.2 Å². The van der Waals surface area contributed by atoms with Gasteiger partial charge in [-0.1, -0.05) is 72.4 Å². The molecule has 180 valence electrons. The molecule has 0 saturated carbocycles. The maximum atomic E-state index is 13.4. The van der Waals surface area contributed by atoms with Crippen LogP contribution in [-0.2, 0) is 21.9 Å². The number of nitrogens with zero attached hydrogens (tertiary/aromatic N) is 1. The maximum Gasteiger partial charge on any atom is 0.243 e. The number of thioether (sulfide) groups is 1. The molecule has 33 heavy (non-hydrogen) atoms. The first-order chi connectivity index (χ1) is 15.7. The Morgan fingerprint density at radius 2 is 1.42 bits per heavy atom. The van der Waals surface area contributed by atoms with E-state index in [1.54, 1.807) is 41.3 Å². The molecule has 2 aromatic carbocycles. The van der Waals surface area contributed by atoms with Gasteiger partial charge in [0.2, 0.25) is 11.8 Å². The summed E-state index contributed by atoms with van der Waals surface area (Å²) in [7, 11) is 0. The Bertz CT molecular complexity index is 933. The molecule has 0 aromatic heterocycles. The van der Waals surface area contributed by atoms with Gasteiger partial charge in [0.15, 0.2) is 0 Å². The average molecular weight is 550 g/mol. The molecule has 0 bridgehead atoms. The van der Waals surface area contributed by atoms with E-state index < -0.39 is 6.04 Å². The van der Waals surface area contributed by atoms with Gasteiger partial charge in [-0.2, -0.15) is 0 Å². The summed E-state index contributed by atoms with van der Waals surface area (Å²) >= 11 is 26.6. The SMILES string of the molecule is CC[C@@H](C)NC(=O)[C@@H](CC)N(Cc1c(Cl)cccc1Cl)C(=O)CSCc1c(Cl)cccc1Cl. The topological polar surface area (TPSA) is 49.4 Å². The van der Waals surface area contributed by atoms with Crippen molar-refractivity contribution >= 4 is 70.0 Å². The summed E-state index contributed by atoms with van der Waals surface area (Å²) in [6, 6.07) is 9.86. The highest BCUT2D eigenvalue weighted by Crippen LogP contribution is 2.30. The molecule has 2 amide bonds. The molecule has 2 aromatic rings. The van der Waals surface area contributed by atoms with Gasteiger partial charge in [0.25, 0.3) is 0 Å². The molecule has 0 saturated heterocycles. The molecule has 2 atom stereocenters. The van der Waals surface area contributed by atoms with Gasteiger partial charge in [-0.15, -0.1) is 11.8 Å². The van der Waals surface area contributed by atoms with Crippen molar-refractivity contribution in [2.24, 2.45) is 0 Å². The van der Waals surface area contributed by atoms with Gasteiger partial charge >= 0.3 is 0 Å². The third kappa shape index (κ3) is 7.97. The zero-order valence-electron chi connectivity index (χ0n) is 18.8. The lowest BCUT2D eigenvalue weighted by Gasteiger charge is -2.32. The molecule has 0 radical (unpaired) electrons. The average Bonchev–Trinajstić information content (AvgIpc) is 2.77. The maximum absolute atomic E-state index is 13.4. The molecule has 4 nitrogen and oxygen atoms in total. The molecule has 0 heterocycles. The second kappa shape index (κ2) is 13.7. The highest BCUT2D eigenvalue weighted by molar-refractivity contribution is 7.99. The highest BCUT2D eigenvalue weighted by Gasteiger charge is 2.30. The third-order valence-corrected chi connectivity index (χ3v) is 7.67. The van der Waals surface area contributed by atoms with Gasteiger partial charge in [0.1, 0.15) is 6.04 Å². The molecule has 9 heteroatoms. The van der Waals surface area contributed by atoms with Crippen molar-refractivity contribution in [3.8, 4) is 0 Å². The minimum atomic E-state index is -0.650. The summed E-state index contributed by atoms with van der Waals surface area (Å²) in [4.78, 5) is 27.9. The monoisotopic (exact) mass is 548 g/mol. The number of benzene rings is 2. The molecule has 0 unspecified atom stereocenters. The quantitative estimate of drug-likeness (QED) is 0.321. The number of carbonyl (C=O) groups is 2. The molecule has 0 spiro atoms. The van der Waals surface area contributed by atoms with Crippen molar-refractivity contribution in [3.05, 3.63) is 67.6 Å². The molecular weight excluding hydrogens is 522 g/mol. The van der Waals surface area contributed by atoms with Crippen LogP contribution < -0.4 is 5.32 Å². The lowest BCUT2D eigenvalue weighted by Crippen LogP contribution is -2.51. The zero-order chi connectivity index (χ0) is 24.5. The Labute approximate surface area is 220 Å². The molecular formula is C24H28Cl4N2O2S. The number of rotatable bonds is 11. The second-order valence-corrected chi connectivity index (χ2v) is 10.3. The summed E-state index contributed by atoms with van der Waals surface area (Å²) in [5.74, 6) is 0.241. The number of hydrogen-bond acceptors (Lipinski definition) is 3. The first-order valence-corrected chi connectivity index (χ1v) is 13.4. The van der Waals surface area contributed by atoms with Crippen LogP contribution in [0.4, 0.5) is 0 Å². The van der Waals surface area contributed by atoms with Crippen LogP contribution in [0.5, 0.6) is 0 Å². The van der Waals surface area contributed by atoms with Crippen LogP contribution in [0.1, 0.15) is 44.7 Å².